The van der Waals surface area contributed by atoms with Gasteiger partial charge >= 0.3 is 0 Å². The minimum atomic E-state index is -0.164. The second-order valence-corrected chi connectivity index (χ2v) is 6.77. The largest absolute Gasteiger partial charge is 0.352 e. The van der Waals surface area contributed by atoms with E-state index in [1.54, 1.807) is 6.07 Å². The molecule has 0 unspecified atom stereocenters. The Morgan fingerprint density at radius 1 is 0.852 bits per heavy atom. The van der Waals surface area contributed by atoms with Gasteiger partial charge in [0.15, 0.2) is 0 Å². The number of hydrogen-bond donors (Lipinski definition) is 2. The summed E-state index contributed by atoms with van der Waals surface area (Å²) < 4.78 is 0. The number of carbonyl (C=O) groups excluding carboxylic acids is 2. The van der Waals surface area contributed by atoms with Gasteiger partial charge in [-0.15, -0.1) is 0 Å². The molecule has 3 aromatic carbocycles. The Balaban J connectivity index is 1.46. The molecule has 138 valence electrons. The first-order chi connectivity index (χ1) is 13.0. The minimum Gasteiger partial charge on any atom is -0.352 e. The molecule has 3 aromatic rings. The highest BCUT2D eigenvalue weighted by Crippen LogP contribution is 2.15. The van der Waals surface area contributed by atoms with E-state index in [1.807, 2.05) is 62.4 Å². The molecule has 0 aliphatic heterocycles. The summed E-state index contributed by atoms with van der Waals surface area (Å²) in [5.41, 5.74) is 4.08. The van der Waals surface area contributed by atoms with Crippen LogP contribution in [0.3, 0.4) is 0 Å². The van der Waals surface area contributed by atoms with Gasteiger partial charge in [0.05, 0.1) is 0 Å². The van der Waals surface area contributed by atoms with Gasteiger partial charge in [0, 0.05) is 25.1 Å². The van der Waals surface area contributed by atoms with Crippen molar-refractivity contribution in [3.05, 3.63) is 82.9 Å². The normalized spacial score (nSPS) is 10.6. The maximum atomic E-state index is 12.3. The summed E-state index contributed by atoms with van der Waals surface area (Å²) in [6.45, 7) is 4.90. The Labute approximate surface area is 159 Å². The fourth-order valence-corrected chi connectivity index (χ4v) is 3.05. The van der Waals surface area contributed by atoms with E-state index in [1.165, 1.54) is 11.1 Å². The number of benzene rings is 3. The number of carbonyl (C=O) groups is 2. The summed E-state index contributed by atoms with van der Waals surface area (Å²) in [6.07, 6.45) is 0.254. The van der Waals surface area contributed by atoms with Gasteiger partial charge in [-0.1, -0.05) is 54.1 Å². The maximum Gasteiger partial charge on any atom is 0.251 e. The lowest BCUT2D eigenvalue weighted by Gasteiger charge is -2.10. The molecule has 0 radical (unpaired) electrons. The molecule has 0 aromatic heterocycles. The molecule has 27 heavy (non-hydrogen) atoms. The molecule has 0 saturated heterocycles. The van der Waals surface area contributed by atoms with Crippen LogP contribution in [-0.4, -0.2) is 18.4 Å². The van der Waals surface area contributed by atoms with E-state index in [9.17, 15) is 9.59 Å². The third kappa shape index (κ3) is 4.94. The summed E-state index contributed by atoms with van der Waals surface area (Å²) in [7, 11) is 0. The van der Waals surface area contributed by atoms with Crippen molar-refractivity contribution in [2.45, 2.75) is 26.8 Å². The van der Waals surface area contributed by atoms with Crippen LogP contribution in [0.2, 0.25) is 0 Å². The fourth-order valence-electron chi connectivity index (χ4n) is 3.05. The molecule has 0 spiro atoms. The van der Waals surface area contributed by atoms with E-state index < -0.39 is 0 Å². The molecule has 0 saturated carbocycles. The summed E-state index contributed by atoms with van der Waals surface area (Å²) in [6, 6.07) is 19.7. The Hall–Kier alpha value is -3.14. The fraction of sp³-hybridized carbons (Fsp3) is 0.217. The second-order valence-electron chi connectivity index (χ2n) is 6.77. The monoisotopic (exact) mass is 360 g/mol. The lowest BCUT2D eigenvalue weighted by atomic mass is 10.1. The Morgan fingerprint density at radius 2 is 1.63 bits per heavy atom. The smallest absolute Gasteiger partial charge is 0.251 e. The van der Waals surface area contributed by atoms with E-state index in [2.05, 4.69) is 16.7 Å². The number of fused-ring (bicyclic) bond motifs is 1. The van der Waals surface area contributed by atoms with Gasteiger partial charge in [-0.2, -0.15) is 0 Å². The molecule has 4 nitrogen and oxygen atoms in total. The molecule has 0 fully saturated rings. The first-order valence-corrected chi connectivity index (χ1v) is 9.13. The first kappa shape index (κ1) is 18.6. The van der Waals surface area contributed by atoms with Crippen LogP contribution in [0, 0.1) is 13.8 Å². The Morgan fingerprint density at radius 3 is 2.41 bits per heavy atom. The predicted octanol–water partition coefficient (Wildman–Crippen LogP) is 3.89. The van der Waals surface area contributed by atoms with Gasteiger partial charge in [0.2, 0.25) is 5.91 Å². The van der Waals surface area contributed by atoms with Crippen molar-refractivity contribution in [1.29, 1.82) is 0 Å². The second kappa shape index (κ2) is 8.49. The van der Waals surface area contributed by atoms with Crippen LogP contribution in [0.25, 0.3) is 10.8 Å². The zero-order valence-corrected chi connectivity index (χ0v) is 15.7. The molecule has 0 atom stereocenters. The maximum absolute atomic E-state index is 12.3. The first-order valence-electron chi connectivity index (χ1n) is 9.13. The SMILES string of the molecule is Cc1ccc(CNC(=O)CCNC(=O)c2ccc3ccccc3c2)c(C)c1. The molecule has 2 amide bonds. The van der Waals surface area contributed by atoms with Gasteiger partial charge in [0.25, 0.3) is 5.91 Å². The van der Waals surface area contributed by atoms with Gasteiger partial charge in [-0.05, 0) is 47.9 Å². The highest BCUT2D eigenvalue weighted by Gasteiger charge is 2.08. The van der Waals surface area contributed by atoms with Crippen molar-refractivity contribution in [3.8, 4) is 0 Å². The highest BCUT2D eigenvalue weighted by molar-refractivity contribution is 5.98. The van der Waals surface area contributed by atoms with Gasteiger partial charge < -0.3 is 10.6 Å². The molecular formula is C23H24N2O2. The number of nitrogens with one attached hydrogen (secondary N) is 2. The average Bonchev–Trinajstić information content (AvgIpc) is 2.67. The van der Waals surface area contributed by atoms with Crippen LogP contribution in [0.5, 0.6) is 0 Å². The summed E-state index contributed by atoms with van der Waals surface area (Å²) in [4.78, 5) is 24.3. The van der Waals surface area contributed by atoms with Gasteiger partial charge in [0.1, 0.15) is 0 Å². The van der Waals surface area contributed by atoms with E-state index in [-0.39, 0.29) is 18.2 Å². The number of amides is 2. The van der Waals surface area contributed by atoms with Gasteiger partial charge in [-0.25, -0.2) is 0 Å². The van der Waals surface area contributed by atoms with Crippen LogP contribution in [0.1, 0.15) is 33.5 Å². The molecule has 4 heteroatoms. The van der Waals surface area contributed by atoms with Crippen molar-refractivity contribution in [1.82, 2.24) is 10.6 Å². The van der Waals surface area contributed by atoms with Crippen LogP contribution < -0.4 is 10.6 Å². The van der Waals surface area contributed by atoms with Crippen LogP contribution in [-0.2, 0) is 11.3 Å². The molecule has 0 bridgehead atoms. The molecule has 3 rings (SSSR count). The molecular weight excluding hydrogens is 336 g/mol. The van der Waals surface area contributed by atoms with Crippen LogP contribution >= 0.6 is 0 Å². The zero-order chi connectivity index (χ0) is 19.2. The summed E-state index contributed by atoms with van der Waals surface area (Å²) in [5, 5.41) is 7.84. The molecule has 0 heterocycles. The number of aryl methyl sites for hydroxylation is 2. The van der Waals surface area contributed by atoms with Crippen molar-refractivity contribution >= 4 is 22.6 Å². The third-order valence-electron chi connectivity index (χ3n) is 4.62. The Bertz CT molecular complexity index is 979. The number of rotatable bonds is 6. The van der Waals surface area contributed by atoms with Gasteiger partial charge in [-0.3, -0.25) is 9.59 Å². The lowest BCUT2D eigenvalue weighted by Crippen LogP contribution is -2.30. The molecule has 0 aliphatic carbocycles. The summed E-state index contributed by atoms with van der Waals surface area (Å²) in [5.74, 6) is -0.239. The predicted molar refractivity (Wildman–Crippen MR) is 109 cm³/mol. The highest BCUT2D eigenvalue weighted by atomic mass is 16.2. The zero-order valence-electron chi connectivity index (χ0n) is 15.7. The summed E-state index contributed by atoms with van der Waals surface area (Å²) >= 11 is 0. The Kier molecular flexibility index (Phi) is 5.87. The van der Waals surface area contributed by atoms with E-state index in [4.69, 9.17) is 0 Å². The van der Waals surface area contributed by atoms with Crippen molar-refractivity contribution < 1.29 is 9.59 Å². The van der Waals surface area contributed by atoms with Crippen LogP contribution in [0.15, 0.2) is 60.7 Å². The van der Waals surface area contributed by atoms with Crippen LogP contribution in [0.4, 0.5) is 0 Å². The molecule has 2 N–H and O–H groups in total. The quantitative estimate of drug-likeness (QED) is 0.701. The molecule has 0 aliphatic rings. The third-order valence-corrected chi connectivity index (χ3v) is 4.62. The topological polar surface area (TPSA) is 58.2 Å². The van der Waals surface area contributed by atoms with E-state index in [0.29, 0.717) is 18.7 Å². The van der Waals surface area contributed by atoms with Crippen molar-refractivity contribution in [3.63, 3.8) is 0 Å². The average molecular weight is 360 g/mol. The van der Waals surface area contributed by atoms with Crippen molar-refractivity contribution in [2.24, 2.45) is 0 Å². The number of hydrogen-bond acceptors (Lipinski definition) is 2. The van der Waals surface area contributed by atoms with E-state index >= 15 is 0 Å². The standard InChI is InChI=1S/C23H24N2O2/c1-16-7-8-21(17(2)13-16)15-25-22(26)11-12-24-23(27)20-10-9-18-5-3-4-6-19(18)14-20/h3-10,13-14H,11-12,15H2,1-2H3,(H,24,27)(H,25,26). The van der Waals surface area contributed by atoms with Crippen molar-refractivity contribution in [2.75, 3.05) is 6.54 Å². The van der Waals surface area contributed by atoms with E-state index in [0.717, 1.165) is 16.3 Å². The lowest BCUT2D eigenvalue weighted by molar-refractivity contribution is -0.121. The minimum absolute atomic E-state index is 0.0752.